The molecule has 1 N–H and O–H groups in total. The summed E-state index contributed by atoms with van der Waals surface area (Å²) in [4.78, 5) is 14.2. The molecule has 5 heteroatoms. The van der Waals surface area contributed by atoms with Crippen LogP contribution >= 0.6 is 15.9 Å². The van der Waals surface area contributed by atoms with E-state index in [1.165, 1.54) is 12.5 Å². The van der Waals surface area contributed by atoms with Crippen molar-refractivity contribution in [3.8, 4) is 0 Å². The Labute approximate surface area is 127 Å². The second kappa shape index (κ2) is 7.18. The number of hydrogen-bond donors (Lipinski definition) is 1. The predicted octanol–water partition coefficient (Wildman–Crippen LogP) is 3.05. The molecular formula is C15H20BrFN2O. The SMILES string of the molecule is CNCCC1CCN(C(=O)c2ccc(F)c(Br)c2)CC1. The first-order valence-corrected chi connectivity index (χ1v) is 7.80. The molecule has 0 aromatic heterocycles. The quantitative estimate of drug-likeness (QED) is 0.911. The molecule has 3 nitrogen and oxygen atoms in total. The first-order chi connectivity index (χ1) is 9.61. The van der Waals surface area contributed by atoms with Gasteiger partial charge in [-0.25, -0.2) is 4.39 Å². The van der Waals surface area contributed by atoms with Crippen LogP contribution < -0.4 is 5.32 Å². The second-order valence-corrected chi connectivity index (χ2v) is 6.11. The lowest BCUT2D eigenvalue weighted by atomic mass is 9.93. The summed E-state index contributed by atoms with van der Waals surface area (Å²) in [6.07, 6.45) is 3.27. The van der Waals surface area contributed by atoms with E-state index in [0.717, 1.165) is 32.5 Å². The van der Waals surface area contributed by atoms with Gasteiger partial charge in [-0.3, -0.25) is 4.79 Å². The zero-order valence-electron chi connectivity index (χ0n) is 11.7. The Bertz CT molecular complexity index is 473. The van der Waals surface area contributed by atoms with E-state index in [4.69, 9.17) is 0 Å². The first-order valence-electron chi connectivity index (χ1n) is 7.00. The number of piperidine rings is 1. The van der Waals surface area contributed by atoms with Crippen molar-refractivity contribution in [1.82, 2.24) is 10.2 Å². The van der Waals surface area contributed by atoms with Gasteiger partial charge in [0, 0.05) is 18.7 Å². The average Bonchev–Trinajstić information content (AvgIpc) is 2.48. The van der Waals surface area contributed by atoms with E-state index in [1.807, 2.05) is 11.9 Å². The fourth-order valence-corrected chi connectivity index (χ4v) is 2.96. The lowest BCUT2D eigenvalue weighted by Crippen LogP contribution is -2.39. The van der Waals surface area contributed by atoms with Crippen molar-refractivity contribution < 1.29 is 9.18 Å². The van der Waals surface area contributed by atoms with Crippen LogP contribution in [-0.4, -0.2) is 37.5 Å². The Balaban J connectivity index is 1.92. The fourth-order valence-electron chi connectivity index (χ4n) is 2.58. The number of nitrogens with one attached hydrogen (secondary N) is 1. The molecule has 0 atom stereocenters. The van der Waals surface area contributed by atoms with Gasteiger partial charge in [-0.05, 0) is 72.9 Å². The van der Waals surface area contributed by atoms with Gasteiger partial charge in [0.2, 0.25) is 0 Å². The monoisotopic (exact) mass is 342 g/mol. The fraction of sp³-hybridized carbons (Fsp3) is 0.533. The van der Waals surface area contributed by atoms with Crippen LogP contribution in [0.25, 0.3) is 0 Å². The van der Waals surface area contributed by atoms with E-state index in [-0.39, 0.29) is 11.7 Å². The summed E-state index contributed by atoms with van der Waals surface area (Å²) in [6, 6.07) is 4.44. The summed E-state index contributed by atoms with van der Waals surface area (Å²) < 4.78 is 13.5. The minimum Gasteiger partial charge on any atom is -0.339 e. The maximum absolute atomic E-state index is 13.2. The van der Waals surface area contributed by atoms with E-state index < -0.39 is 0 Å². The van der Waals surface area contributed by atoms with E-state index in [1.54, 1.807) is 12.1 Å². The van der Waals surface area contributed by atoms with E-state index >= 15 is 0 Å². The van der Waals surface area contributed by atoms with Crippen LogP contribution in [0.1, 0.15) is 29.6 Å². The lowest BCUT2D eigenvalue weighted by molar-refractivity contribution is 0.0687. The zero-order chi connectivity index (χ0) is 14.5. The van der Waals surface area contributed by atoms with E-state index in [0.29, 0.717) is 16.0 Å². The molecule has 1 aromatic carbocycles. The molecule has 0 aliphatic carbocycles. The number of nitrogens with zero attached hydrogens (tertiary/aromatic N) is 1. The van der Waals surface area contributed by atoms with Gasteiger partial charge < -0.3 is 10.2 Å². The molecule has 1 aromatic rings. The molecule has 0 radical (unpaired) electrons. The third kappa shape index (κ3) is 3.79. The van der Waals surface area contributed by atoms with Crippen LogP contribution in [-0.2, 0) is 0 Å². The highest BCUT2D eigenvalue weighted by atomic mass is 79.9. The van der Waals surface area contributed by atoms with Gasteiger partial charge in [-0.1, -0.05) is 0 Å². The Morgan fingerprint density at radius 2 is 2.15 bits per heavy atom. The maximum atomic E-state index is 13.2. The van der Waals surface area contributed by atoms with Crippen molar-refractivity contribution in [2.45, 2.75) is 19.3 Å². The summed E-state index contributed by atoms with van der Waals surface area (Å²) in [5.41, 5.74) is 0.548. The Hall–Kier alpha value is -0.940. The topological polar surface area (TPSA) is 32.3 Å². The van der Waals surface area contributed by atoms with Gasteiger partial charge in [-0.2, -0.15) is 0 Å². The van der Waals surface area contributed by atoms with Crippen molar-refractivity contribution >= 4 is 21.8 Å². The second-order valence-electron chi connectivity index (χ2n) is 5.26. The maximum Gasteiger partial charge on any atom is 0.253 e. The van der Waals surface area contributed by atoms with E-state index in [2.05, 4.69) is 21.2 Å². The number of benzene rings is 1. The number of likely N-dealkylation sites (tertiary alicyclic amines) is 1. The number of amides is 1. The molecule has 1 aliphatic rings. The van der Waals surface area contributed by atoms with Crippen LogP contribution in [0.5, 0.6) is 0 Å². The van der Waals surface area contributed by atoms with Crippen molar-refractivity contribution in [3.63, 3.8) is 0 Å². The van der Waals surface area contributed by atoms with Crippen molar-refractivity contribution in [2.24, 2.45) is 5.92 Å². The van der Waals surface area contributed by atoms with Gasteiger partial charge in [0.05, 0.1) is 4.47 Å². The molecular weight excluding hydrogens is 323 g/mol. The molecule has 0 unspecified atom stereocenters. The number of hydrogen-bond acceptors (Lipinski definition) is 2. The van der Waals surface area contributed by atoms with Crippen molar-refractivity contribution in [3.05, 3.63) is 34.1 Å². The molecule has 1 aliphatic heterocycles. The number of carbonyl (C=O) groups is 1. The van der Waals surface area contributed by atoms with Gasteiger partial charge in [0.15, 0.2) is 0 Å². The molecule has 20 heavy (non-hydrogen) atoms. The number of rotatable bonds is 4. The third-order valence-corrected chi connectivity index (χ3v) is 4.48. The third-order valence-electron chi connectivity index (χ3n) is 3.87. The molecule has 1 heterocycles. The molecule has 1 fully saturated rings. The average molecular weight is 343 g/mol. The van der Waals surface area contributed by atoms with Gasteiger partial charge in [-0.15, -0.1) is 0 Å². The first kappa shape index (κ1) is 15.4. The Morgan fingerprint density at radius 1 is 1.45 bits per heavy atom. The standard InChI is InChI=1S/C15H20BrFN2O/c1-18-7-4-11-5-8-19(9-6-11)15(20)12-2-3-14(17)13(16)10-12/h2-3,10-11,18H,4-9H2,1H3. The highest BCUT2D eigenvalue weighted by molar-refractivity contribution is 9.10. The van der Waals surface area contributed by atoms with Gasteiger partial charge >= 0.3 is 0 Å². The summed E-state index contributed by atoms with van der Waals surface area (Å²) in [5, 5.41) is 3.17. The zero-order valence-corrected chi connectivity index (χ0v) is 13.2. The molecule has 0 spiro atoms. The lowest BCUT2D eigenvalue weighted by Gasteiger charge is -2.32. The molecule has 1 amide bonds. The normalized spacial score (nSPS) is 16.4. The molecule has 0 bridgehead atoms. The number of halogens is 2. The van der Waals surface area contributed by atoms with Crippen molar-refractivity contribution in [2.75, 3.05) is 26.7 Å². The summed E-state index contributed by atoms with van der Waals surface area (Å²) in [5.74, 6) is 0.358. The van der Waals surface area contributed by atoms with Gasteiger partial charge in [0.25, 0.3) is 5.91 Å². The largest absolute Gasteiger partial charge is 0.339 e. The minimum absolute atomic E-state index is 0.00207. The molecule has 0 saturated carbocycles. The Kier molecular flexibility index (Phi) is 5.54. The van der Waals surface area contributed by atoms with Crippen LogP contribution in [0, 0.1) is 11.7 Å². The smallest absolute Gasteiger partial charge is 0.253 e. The summed E-state index contributed by atoms with van der Waals surface area (Å²) in [7, 11) is 1.96. The predicted molar refractivity (Wildman–Crippen MR) is 81.3 cm³/mol. The minimum atomic E-state index is -0.340. The highest BCUT2D eigenvalue weighted by Crippen LogP contribution is 2.23. The van der Waals surface area contributed by atoms with Crippen molar-refractivity contribution in [1.29, 1.82) is 0 Å². The summed E-state index contributed by atoms with van der Waals surface area (Å²) >= 11 is 3.12. The van der Waals surface area contributed by atoms with Crippen LogP contribution in [0.3, 0.4) is 0 Å². The Morgan fingerprint density at radius 3 is 2.75 bits per heavy atom. The van der Waals surface area contributed by atoms with Crippen LogP contribution in [0.2, 0.25) is 0 Å². The molecule has 1 saturated heterocycles. The highest BCUT2D eigenvalue weighted by Gasteiger charge is 2.23. The molecule has 110 valence electrons. The van der Waals surface area contributed by atoms with Crippen LogP contribution in [0.15, 0.2) is 22.7 Å². The van der Waals surface area contributed by atoms with Crippen LogP contribution in [0.4, 0.5) is 4.39 Å². The molecule has 2 rings (SSSR count). The summed E-state index contributed by atoms with van der Waals surface area (Å²) in [6.45, 7) is 2.62. The number of carbonyl (C=O) groups excluding carboxylic acids is 1. The van der Waals surface area contributed by atoms with E-state index in [9.17, 15) is 9.18 Å². The van der Waals surface area contributed by atoms with Gasteiger partial charge in [0.1, 0.15) is 5.82 Å².